The Morgan fingerprint density at radius 2 is 0.524 bits per heavy atom. The summed E-state index contributed by atoms with van der Waals surface area (Å²) < 4.78 is 0. The fourth-order valence-corrected chi connectivity index (χ4v) is 5.53. The first kappa shape index (κ1) is 30.1. The Hall–Kier alpha value is -4.88. The highest BCUT2D eigenvalue weighted by Crippen LogP contribution is 2.46. The van der Waals surface area contributed by atoms with Gasteiger partial charge < -0.3 is 4.90 Å². The lowest BCUT2D eigenvalue weighted by atomic mass is 9.65. The molecule has 0 atom stereocenters. The second-order valence-electron chi connectivity index (χ2n) is 9.40. The molecular formula is C41H41N. The van der Waals surface area contributed by atoms with Gasteiger partial charge in [-0.1, -0.05) is 167 Å². The van der Waals surface area contributed by atoms with Gasteiger partial charge in [-0.05, 0) is 58.7 Å². The molecule has 0 aliphatic heterocycles. The van der Waals surface area contributed by atoms with Crippen LogP contribution >= 0.6 is 0 Å². The Labute approximate surface area is 252 Å². The monoisotopic (exact) mass is 547 g/mol. The molecular weight excluding hydrogens is 506 g/mol. The van der Waals surface area contributed by atoms with E-state index in [9.17, 15) is 0 Å². The maximum Gasteiger partial charge on any atom is 0.0701 e. The van der Waals surface area contributed by atoms with Gasteiger partial charge in [0.05, 0.1) is 5.41 Å². The minimum Gasteiger partial charge on any atom is -0.311 e. The number of rotatable bonds is 7. The predicted molar refractivity (Wildman–Crippen MR) is 182 cm³/mol. The van der Waals surface area contributed by atoms with Gasteiger partial charge in [-0.15, -0.1) is 0 Å². The topological polar surface area (TPSA) is 3.24 Å². The highest BCUT2D eigenvalue weighted by atomic mass is 15.1. The molecule has 0 aliphatic carbocycles. The van der Waals surface area contributed by atoms with Crippen LogP contribution in [0, 0.1) is 0 Å². The quantitative estimate of drug-likeness (QED) is 0.180. The molecule has 210 valence electrons. The van der Waals surface area contributed by atoms with Crippen molar-refractivity contribution in [3.05, 3.63) is 198 Å². The molecule has 0 N–H and O–H groups in total. The maximum absolute atomic E-state index is 2.30. The lowest BCUT2D eigenvalue weighted by Crippen LogP contribution is -2.31. The van der Waals surface area contributed by atoms with Crippen molar-refractivity contribution in [3.8, 4) is 0 Å². The molecule has 42 heavy (non-hydrogen) atoms. The molecule has 6 aromatic carbocycles. The number of benzene rings is 6. The largest absolute Gasteiger partial charge is 0.311 e. The van der Waals surface area contributed by atoms with Crippen LogP contribution in [-0.2, 0) is 5.41 Å². The lowest BCUT2D eigenvalue weighted by Gasteiger charge is -2.37. The van der Waals surface area contributed by atoms with Gasteiger partial charge in [-0.2, -0.15) is 0 Å². The van der Waals surface area contributed by atoms with Crippen LogP contribution in [0.25, 0.3) is 0 Å². The molecule has 0 saturated heterocycles. The molecule has 0 saturated carbocycles. The Kier molecular flexibility index (Phi) is 10.9. The van der Waals surface area contributed by atoms with Gasteiger partial charge in [0, 0.05) is 17.1 Å². The first-order valence-corrected chi connectivity index (χ1v) is 15.0. The van der Waals surface area contributed by atoms with Gasteiger partial charge in [-0.3, -0.25) is 0 Å². The number of hydrogen-bond donors (Lipinski definition) is 0. The zero-order valence-corrected chi connectivity index (χ0v) is 25.2. The third-order valence-electron chi connectivity index (χ3n) is 7.21. The summed E-state index contributed by atoms with van der Waals surface area (Å²) in [5, 5.41) is 0. The Morgan fingerprint density at radius 3 is 0.833 bits per heavy atom. The first-order chi connectivity index (χ1) is 20.9. The van der Waals surface area contributed by atoms with Crippen LogP contribution in [0.3, 0.4) is 0 Å². The van der Waals surface area contributed by atoms with Crippen molar-refractivity contribution < 1.29 is 0 Å². The Bertz CT molecular complexity index is 1430. The molecule has 0 fully saturated rings. The predicted octanol–water partition coefficient (Wildman–Crippen LogP) is 11.6. The fraction of sp³-hybridized carbons (Fsp3) is 0.122. The summed E-state index contributed by atoms with van der Waals surface area (Å²) in [5.74, 6) is 0. The minimum absolute atomic E-state index is 0.452. The molecule has 0 aromatic heterocycles. The fourth-order valence-electron chi connectivity index (χ4n) is 5.53. The smallest absolute Gasteiger partial charge is 0.0701 e. The third-order valence-corrected chi connectivity index (χ3v) is 7.21. The minimum atomic E-state index is -0.452. The zero-order valence-electron chi connectivity index (χ0n) is 25.2. The van der Waals surface area contributed by atoms with E-state index >= 15 is 0 Å². The first-order valence-electron chi connectivity index (χ1n) is 15.0. The summed E-state index contributed by atoms with van der Waals surface area (Å²) in [6.07, 6.45) is 0. The van der Waals surface area contributed by atoms with Crippen LogP contribution in [0.4, 0.5) is 17.1 Å². The molecule has 0 bridgehead atoms. The van der Waals surface area contributed by atoms with Crippen molar-refractivity contribution in [2.45, 2.75) is 33.1 Å². The zero-order chi connectivity index (χ0) is 29.6. The van der Waals surface area contributed by atoms with Crippen molar-refractivity contribution in [1.29, 1.82) is 0 Å². The lowest BCUT2D eigenvalue weighted by molar-refractivity contribution is 0.745. The van der Waals surface area contributed by atoms with Gasteiger partial charge in [0.2, 0.25) is 0 Å². The number of anilines is 3. The van der Waals surface area contributed by atoms with Crippen LogP contribution in [0.1, 0.15) is 49.9 Å². The van der Waals surface area contributed by atoms with Crippen LogP contribution in [0.2, 0.25) is 0 Å². The molecule has 6 rings (SSSR count). The summed E-state index contributed by atoms with van der Waals surface area (Å²) in [7, 11) is 0. The van der Waals surface area contributed by atoms with Gasteiger partial charge in [0.15, 0.2) is 0 Å². The van der Waals surface area contributed by atoms with E-state index in [1.807, 2.05) is 27.7 Å². The van der Waals surface area contributed by atoms with Crippen LogP contribution in [-0.4, -0.2) is 0 Å². The van der Waals surface area contributed by atoms with Gasteiger partial charge in [0.25, 0.3) is 0 Å². The number of nitrogens with zero attached hydrogens (tertiary/aromatic N) is 1. The van der Waals surface area contributed by atoms with E-state index in [4.69, 9.17) is 0 Å². The van der Waals surface area contributed by atoms with Gasteiger partial charge >= 0.3 is 0 Å². The van der Waals surface area contributed by atoms with Crippen LogP contribution in [0.15, 0.2) is 176 Å². The summed E-state index contributed by atoms with van der Waals surface area (Å²) in [4.78, 5) is 2.30. The highest BCUT2D eigenvalue weighted by molar-refractivity contribution is 5.77. The van der Waals surface area contributed by atoms with Crippen molar-refractivity contribution >= 4 is 17.1 Å². The molecule has 6 aromatic rings. The second-order valence-corrected chi connectivity index (χ2v) is 9.40. The SMILES string of the molecule is CC.CC.c1ccc(N(c2ccccc2)c2ccc(C(c3ccccc3)(c3ccccc3)c3ccccc3)cc2)cc1. The van der Waals surface area contributed by atoms with E-state index in [-0.39, 0.29) is 0 Å². The van der Waals surface area contributed by atoms with E-state index < -0.39 is 5.41 Å². The van der Waals surface area contributed by atoms with Crippen molar-refractivity contribution in [2.75, 3.05) is 4.90 Å². The van der Waals surface area contributed by atoms with Crippen LogP contribution in [0.5, 0.6) is 0 Å². The van der Waals surface area contributed by atoms with Crippen molar-refractivity contribution in [1.82, 2.24) is 0 Å². The van der Waals surface area contributed by atoms with Gasteiger partial charge in [0.1, 0.15) is 0 Å². The molecule has 0 radical (unpaired) electrons. The Morgan fingerprint density at radius 1 is 0.286 bits per heavy atom. The van der Waals surface area contributed by atoms with Crippen molar-refractivity contribution in [2.24, 2.45) is 0 Å². The molecule has 1 heteroatoms. The van der Waals surface area contributed by atoms with E-state index in [1.54, 1.807) is 0 Å². The van der Waals surface area contributed by atoms with E-state index in [2.05, 4.69) is 181 Å². The number of hydrogen-bond acceptors (Lipinski definition) is 1. The highest BCUT2D eigenvalue weighted by Gasteiger charge is 2.38. The van der Waals surface area contributed by atoms with E-state index in [1.165, 1.54) is 22.3 Å². The summed E-state index contributed by atoms with van der Waals surface area (Å²) >= 11 is 0. The molecule has 1 nitrogen and oxygen atoms in total. The summed E-state index contributed by atoms with van der Waals surface area (Å²) in [6.45, 7) is 8.00. The maximum atomic E-state index is 2.30. The molecule has 0 heterocycles. The average Bonchev–Trinajstić information content (AvgIpc) is 3.10. The molecule has 0 amide bonds. The average molecular weight is 548 g/mol. The molecule has 0 unspecified atom stereocenters. The number of para-hydroxylation sites is 2. The van der Waals surface area contributed by atoms with Crippen molar-refractivity contribution in [3.63, 3.8) is 0 Å². The second kappa shape index (κ2) is 15.2. The van der Waals surface area contributed by atoms with E-state index in [0.29, 0.717) is 0 Å². The molecule has 0 spiro atoms. The molecule has 0 aliphatic rings. The van der Waals surface area contributed by atoms with Crippen LogP contribution < -0.4 is 4.90 Å². The Balaban J connectivity index is 0.000000972. The standard InChI is InChI=1S/C37H29N.2C2H6/c1-6-16-30(17-7-1)37(31-18-8-2-9-19-31,32-20-10-3-11-21-32)33-26-28-36(29-27-33)38(34-22-12-4-13-23-34)35-24-14-5-15-25-35;2*1-2/h1-29H;2*1-2H3. The third kappa shape index (κ3) is 6.21. The summed E-state index contributed by atoms with van der Waals surface area (Å²) in [6, 6.07) is 62.7. The van der Waals surface area contributed by atoms with Gasteiger partial charge in [-0.25, -0.2) is 0 Å². The van der Waals surface area contributed by atoms with E-state index in [0.717, 1.165) is 17.1 Å². The normalized spacial score (nSPS) is 10.4. The summed E-state index contributed by atoms with van der Waals surface area (Å²) in [5.41, 5.74) is 7.89.